The average molecular weight is 237 g/mol. The van der Waals surface area contributed by atoms with Crippen LogP contribution in [0.5, 0.6) is 0 Å². The van der Waals surface area contributed by atoms with Crippen LogP contribution in [0.25, 0.3) is 0 Å². The first-order chi connectivity index (χ1) is 7.70. The largest absolute Gasteiger partial charge is 0.478 e. The van der Waals surface area contributed by atoms with Gasteiger partial charge in [-0.2, -0.15) is 0 Å². The standard InChI is InChI=1S/C6H5NO2.C5H4ClN/c8-6(9)5-2-1-3-7-4-5;6-5-1-3-7-4-2-5/h1-4H,(H,8,9);1-4H. The molecule has 82 valence electrons. The molecule has 0 aromatic carbocycles. The van der Waals surface area contributed by atoms with Gasteiger partial charge < -0.3 is 5.11 Å². The van der Waals surface area contributed by atoms with Crippen molar-refractivity contribution in [3.63, 3.8) is 0 Å². The molecule has 16 heavy (non-hydrogen) atoms. The van der Waals surface area contributed by atoms with E-state index in [1.165, 1.54) is 18.5 Å². The highest BCUT2D eigenvalue weighted by Crippen LogP contribution is 2.01. The minimum atomic E-state index is -0.942. The van der Waals surface area contributed by atoms with Crippen molar-refractivity contribution in [2.24, 2.45) is 0 Å². The van der Waals surface area contributed by atoms with Crippen molar-refractivity contribution >= 4 is 17.6 Å². The lowest BCUT2D eigenvalue weighted by Gasteiger charge is -1.87. The van der Waals surface area contributed by atoms with Crippen LogP contribution in [0.3, 0.4) is 0 Å². The lowest BCUT2D eigenvalue weighted by Crippen LogP contribution is -1.94. The molecule has 0 spiro atoms. The molecule has 0 radical (unpaired) electrons. The van der Waals surface area contributed by atoms with Crippen molar-refractivity contribution in [3.05, 3.63) is 59.6 Å². The van der Waals surface area contributed by atoms with Crippen LogP contribution in [0.15, 0.2) is 49.1 Å². The molecule has 2 aromatic heterocycles. The van der Waals surface area contributed by atoms with Gasteiger partial charge in [-0.3, -0.25) is 9.97 Å². The Morgan fingerprint density at radius 2 is 1.81 bits per heavy atom. The summed E-state index contributed by atoms with van der Waals surface area (Å²) in [6.07, 6.45) is 6.15. The molecule has 0 saturated carbocycles. The third-order valence-electron chi connectivity index (χ3n) is 1.55. The van der Waals surface area contributed by atoms with Crippen molar-refractivity contribution < 1.29 is 9.90 Å². The molecule has 0 aliphatic carbocycles. The zero-order valence-electron chi connectivity index (χ0n) is 8.25. The van der Waals surface area contributed by atoms with E-state index in [9.17, 15) is 4.79 Å². The first kappa shape index (κ1) is 12.1. The molecule has 5 heteroatoms. The molecule has 0 aliphatic heterocycles. The highest BCUT2D eigenvalue weighted by Gasteiger charge is 1.97. The molecule has 2 heterocycles. The smallest absolute Gasteiger partial charge is 0.337 e. The first-order valence-corrected chi connectivity index (χ1v) is 4.77. The number of hydrogen-bond acceptors (Lipinski definition) is 3. The van der Waals surface area contributed by atoms with E-state index < -0.39 is 5.97 Å². The summed E-state index contributed by atoms with van der Waals surface area (Å²) in [6.45, 7) is 0. The van der Waals surface area contributed by atoms with E-state index in [0.717, 1.165) is 5.02 Å². The molecular formula is C11H9ClN2O2. The highest BCUT2D eigenvalue weighted by atomic mass is 35.5. The van der Waals surface area contributed by atoms with Gasteiger partial charge in [-0.1, -0.05) is 11.6 Å². The molecule has 0 atom stereocenters. The van der Waals surface area contributed by atoms with Gasteiger partial charge in [0.25, 0.3) is 0 Å². The Labute approximate surface area is 97.6 Å². The summed E-state index contributed by atoms with van der Waals surface area (Å²) < 4.78 is 0. The molecule has 0 saturated heterocycles. The number of aromatic carboxylic acids is 1. The van der Waals surface area contributed by atoms with Crippen molar-refractivity contribution in [2.45, 2.75) is 0 Å². The summed E-state index contributed by atoms with van der Waals surface area (Å²) in [5, 5.41) is 9.08. The molecule has 4 nitrogen and oxygen atoms in total. The fourth-order valence-corrected chi connectivity index (χ4v) is 0.936. The van der Waals surface area contributed by atoms with Gasteiger partial charge >= 0.3 is 5.97 Å². The summed E-state index contributed by atoms with van der Waals surface area (Å²) in [6, 6.07) is 6.56. The van der Waals surface area contributed by atoms with Gasteiger partial charge in [-0.15, -0.1) is 0 Å². The Morgan fingerprint density at radius 3 is 2.12 bits per heavy atom. The van der Waals surface area contributed by atoms with E-state index in [2.05, 4.69) is 9.97 Å². The van der Waals surface area contributed by atoms with Crippen LogP contribution in [0.4, 0.5) is 0 Å². The number of aromatic nitrogens is 2. The number of carboxylic acids is 1. The Balaban J connectivity index is 0.000000165. The quantitative estimate of drug-likeness (QED) is 0.826. The fourth-order valence-electron chi connectivity index (χ4n) is 0.823. The van der Waals surface area contributed by atoms with Crippen LogP contribution < -0.4 is 0 Å². The topological polar surface area (TPSA) is 63.1 Å². The van der Waals surface area contributed by atoms with Gasteiger partial charge in [-0.25, -0.2) is 4.79 Å². The monoisotopic (exact) mass is 236 g/mol. The zero-order chi connectivity index (χ0) is 11.8. The van der Waals surface area contributed by atoms with E-state index in [-0.39, 0.29) is 5.56 Å². The van der Waals surface area contributed by atoms with E-state index in [4.69, 9.17) is 16.7 Å². The van der Waals surface area contributed by atoms with Gasteiger partial charge in [0.05, 0.1) is 5.56 Å². The Morgan fingerprint density at radius 1 is 1.12 bits per heavy atom. The third-order valence-corrected chi connectivity index (χ3v) is 1.80. The SMILES string of the molecule is Clc1ccncc1.O=C(O)c1cccnc1. The van der Waals surface area contributed by atoms with E-state index >= 15 is 0 Å². The Hall–Kier alpha value is -1.94. The fraction of sp³-hybridized carbons (Fsp3) is 0. The summed E-state index contributed by atoms with van der Waals surface area (Å²) in [5.41, 5.74) is 0.220. The van der Waals surface area contributed by atoms with E-state index in [1.807, 2.05) is 0 Å². The van der Waals surface area contributed by atoms with E-state index in [1.54, 1.807) is 30.6 Å². The van der Waals surface area contributed by atoms with E-state index in [0.29, 0.717) is 0 Å². The average Bonchev–Trinajstić information content (AvgIpc) is 2.32. The second-order valence-electron chi connectivity index (χ2n) is 2.71. The minimum absolute atomic E-state index is 0.220. The molecule has 2 aromatic rings. The van der Waals surface area contributed by atoms with Crippen molar-refractivity contribution in [1.29, 1.82) is 0 Å². The molecule has 2 rings (SSSR count). The second-order valence-corrected chi connectivity index (χ2v) is 3.15. The molecule has 0 aliphatic rings. The van der Waals surface area contributed by atoms with Gasteiger partial charge in [0.15, 0.2) is 0 Å². The Kier molecular flexibility index (Phi) is 4.95. The first-order valence-electron chi connectivity index (χ1n) is 4.39. The molecule has 0 unspecified atom stereocenters. The number of carboxylic acid groups (broad SMARTS) is 1. The summed E-state index contributed by atoms with van der Waals surface area (Å²) in [5.74, 6) is -0.942. The maximum Gasteiger partial charge on any atom is 0.337 e. The van der Waals surface area contributed by atoms with Crippen molar-refractivity contribution in [2.75, 3.05) is 0 Å². The normalized spacial score (nSPS) is 8.81. The highest BCUT2D eigenvalue weighted by molar-refractivity contribution is 6.30. The second kappa shape index (κ2) is 6.53. The summed E-state index contributed by atoms with van der Waals surface area (Å²) in [4.78, 5) is 17.5. The van der Waals surface area contributed by atoms with Crippen LogP contribution in [-0.2, 0) is 0 Å². The predicted molar refractivity (Wildman–Crippen MR) is 60.4 cm³/mol. The van der Waals surface area contributed by atoms with Crippen molar-refractivity contribution in [3.8, 4) is 0 Å². The van der Waals surface area contributed by atoms with Crippen LogP contribution >= 0.6 is 11.6 Å². The molecule has 0 amide bonds. The van der Waals surface area contributed by atoms with Crippen LogP contribution in [0.1, 0.15) is 10.4 Å². The maximum atomic E-state index is 10.2. The summed E-state index contributed by atoms with van der Waals surface area (Å²) in [7, 11) is 0. The van der Waals surface area contributed by atoms with Gasteiger partial charge in [0.1, 0.15) is 0 Å². The third kappa shape index (κ3) is 4.52. The zero-order valence-corrected chi connectivity index (χ0v) is 9.00. The summed E-state index contributed by atoms with van der Waals surface area (Å²) >= 11 is 5.50. The number of hydrogen-bond donors (Lipinski definition) is 1. The predicted octanol–water partition coefficient (Wildman–Crippen LogP) is 2.51. The van der Waals surface area contributed by atoms with Crippen LogP contribution in [0.2, 0.25) is 5.02 Å². The van der Waals surface area contributed by atoms with Crippen molar-refractivity contribution in [1.82, 2.24) is 9.97 Å². The lowest BCUT2D eigenvalue weighted by molar-refractivity contribution is 0.0696. The van der Waals surface area contributed by atoms with Crippen LogP contribution in [-0.4, -0.2) is 21.0 Å². The molecule has 1 N–H and O–H groups in total. The number of halogens is 1. The van der Waals surface area contributed by atoms with Gasteiger partial charge in [0, 0.05) is 29.8 Å². The lowest BCUT2D eigenvalue weighted by atomic mass is 10.3. The van der Waals surface area contributed by atoms with Gasteiger partial charge in [-0.05, 0) is 24.3 Å². The van der Waals surface area contributed by atoms with Crippen LogP contribution in [0, 0.1) is 0 Å². The number of pyridine rings is 2. The number of rotatable bonds is 1. The number of nitrogens with zero attached hydrogens (tertiary/aromatic N) is 2. The molecule has 0 fully saturated rings. The molecule has 0 bridgehead atoms. The minimum Gasteiger partial charge on any atom is -0.478 e. The maximum absolute atomic E-state index is 10.2. The van der Waals surface area contributed by atoms with Gasteiger partial charge in [0.2, 0.25) is 0 Å². The molecular weight excluding hydrogens is 228 g/mol. The number of carbonyl (C=O) groups is 1. The Bertz CT molecular complexity index is 434.